The van der Waals surface area contributed by atoms with Gasteiger partial charge in [-0.05, 0) is 32.9 Å². The van der Waals surface area contributed by atoms with Crippen LogP contribution in [0.2, 0.25) is 0 Å². The Morgan fingerprint density at radius 2 is 1.74 bits per heavy atom. The summed E-state index contributed by atoms with van der Waals surface area (Å²) >= 11 is 0. The second-order valence-electron chi connectivity index (χ2n) is 5.37. The Morgan fingerprint density at radius 1 is 1.11 bits per heavy atom. The van der Waals surface area contributed by atoms with Gasteiger partial charge in [-0.2, -0.15) is 0 Å². The Hall–Kier alpha value is -2.23. The lowest BCUT2D eigenvalue weighted by atomic mass is 10.1. The second-order valence-corrected chi connectivity index (χ2v) is 5.37. The number of rotatable bonds is 1. The molecule has 0 bridgehead atoms. The number of nitrogens with two attached hydrogens (primary N) is 1. The Kier molecular flexibility index (Phi) is 3.34. The number of hydrogen-bond donors (Lipinski definition) is 2. The van der Waals surface area contributed by atoms with Gasteiger partial charge in [-0.15, -0.1) is 0 Å². The van der Waals surface area contributed by atoms with Crippen molar-refractivity contribution in [2.45, 2.75) is 26.4 Å². The molecular formula is C15H18N2O2. The molecule has 0 fully saturated rings. The van der Waals surface area contributed by atoms with E-state index >= 15 is 0 Å². The van der Waals surface area contributed by atoms with Crippen molar-refractivity contribution >= 4 is 28.2 Å². The van der Waals surface area contributed by atoms with E-state index in [0.29, 0.717) is 11.4 Å². The van der Waals surface area contributed by atoms with E-state index in [1.807, 2.05) is 45.0 Å². The molecule has 2 aromatic carbocycles. The number of anilines is 2. The lowest BCUT2D eigenvalue weighted by molar-refractivity contribution is 0.0636. The van der Waals surface area contributed by atoms with Gasteiger partial charge in [0.25, 0.3) is 0 Å². The molecule has 0 unspecified atom stereocenters. The van der Waals surface area contributed by atoms with Gasteiger partial charge in [0.15, 0.2) is 0 Å². The minimum atomic E-state index is -0.520. The quantitative estimate of drug-likeness (QED) is 0.765. The fraction of sp³-hybridized carbons (Fsp3) is 0.267. The van der Waals surface area contributed by atoms with Gasteiger partial charge in [0.05, 0.1) is 5.69 Å². The Bertz CT molecular complexity index is 615. The molecule has 0 saturated carbocycles. The average Bonchev–Trinajstić information content (AvgIpc) is 2.31. The summed E-state index contributed by atoms with van der Waals surface area (Å²) < 4.78 is 5.24. The Labute approximate surface area is 112 Å². The van der Waals surface area contributed by atoms with Gasteiger partial charge < -0.3 is 10.5 Å². The van der Waals surface area contributed by atoms with E-state index < -0.39 is 11.7 Å². The van der Waals surface area contributed by atoms with Crippen molar-refractivity contribution in [3.05, 3.63) is 36.4 Å². The van der Waals surface area contributed by atoms with Gasteiger partial charge in [-0.3, -0.25) is 5.32 Å². The zero-order valence-electron chi connectivity index (χ0n) is 11.4. The molecule has 0 spiro atoms. The third kappa shape index (κ3) is 3.16. The van der Waals surface area contributed by atoms with Crippen molar-refractivity contribution in [3.63, 3.8) is 0 Å². The maximum Gasteiger partial charge on any atom is 0.412 e. The summed E-state index contributed by atoms with van der Waals surface area (Å²) in [6.07, 6.45) is -0.470. The van der Waals surface area contributed by atoms with Gasteiger partial charge in [-0.1, -0.05) is 24.3 Å². The maximum atomic E-state index is 11.8. The summed E-state index contributed by atoms with van der Waals surface area (Å²) in [7, 11) is 0. The molecule has 0 aliphatic rings. The van der Waals surface area contributed by atoms with E-state index in [1.165, 1.54) is 0 Å². The van der Waals surface area contributed by atoms with Crippen molar-refractivity contribution in [2.75, 3.05) is 11.1 Å². The van der Waals surface area contributed by atoms with Crippen molar-refractivity contribution in [1.29, 1.82) is 0 Å². The first-order valence-electron chi connectivity index (χ1n) is 6.14. The molecule has 4 heteroatoms. The van der Waals surface area contributed by atoms with Crippen molar-refractivity contribution in [1.82, 2.24) is 0 Å². The van der Waals surface area contributed by atoms with Crippen LogP contribution in [0.4, 0.5) is 16.2 Å². The van der Waals surface area contributed by atoms with Crippen LogP contribution in [-0.4, -0.2) is 11.7 Å². The molecule has 0 saturated heterocycles. The summed E-state index contributed by atoms with van der Waals surface area (Å²) in [5, 5.41) is 4.56. The van der Waals surface area contributed by atoms with Crippen LogP contribution in [0, 0.1) is 0 Å². The minimum Gasteiger partial charge on any atom is -0.444 e. The van der Waals surface area contributed by atoms with E-state index in [-0.39, 0.29) is 0 Å². The number of amides is 1. The summed E-state index contributed by atoms with van der Waals surface area (Å²) in [5.74, 6) is 0. The van der Waals surface area contributed by atoms with E-state index in [1.54, 1.807) is 12.1 Å². The number of benzene rings is 2. The van der Waals surface area contributed by atoms with Crippen LogP contribution in [0.5, 0.6) is 0 Å². The predicted octanol–water partition coefficient (Wildman–Crippen LogP) is 3.77. The van der Waals surface area contributed by atoms with Gasteiger partial charge in [0.1, 0.15) is 5.60 Å². The number of nitrogens with one attached hydrogen (secondary N) is 1. The highest BCUT2D eigenvalue weighted by Gasteiger charge is 2.17. The summed E-state index contributed by atoms with van der Waals surface area (Å²) in [6, 6.07) is 11.2. The topological polar surface area (TPSA) is 64.3 Å². The van der Waals surface area contributed by atoms with Crippen LogP contribution in [0.3, 0.4) is 0 Å². The molecule has 0 radical (unpaired) electrons. The van der Waals surface area contributed by atoms with E-state index in [9.17, 15) is 4.79 Å². The predicted molar refractivity (Wildman–Crippen MR) is 78.2 cm³/mol. The first-order valence-corrected chi connectivity index (χ1v) is 6.14. The Morgan fingerprint density at radius 3 is 2.37 bits per heavy atom. The van der Waals surface area contributed by atoms with Crippen LogP contribution in [0.15, 0.2) is 36.4 Å². The lowest BCUT2D eigenvalue weighted by Crippen LogP contribution is -2.27. The first-order chi connectivity index (χ1) is 8.87. The fourth-order valence-corrected chi connectivity index (χ4v) is 1.84. The molecule has 0 aliphatic heterocycles. The number of carbonyl (C=O) groups is 1. The molecule has 19 heavy (non-hydrogen) atoms. The molecule has 0 aromatic heterocycles. The highest BCUT2D eigenvalue weighted by Crippen LogP contribution is 2.28. The van der Waals surface area contributed by atoms with Crippen LogP contribution < -0.4 is 11.1 Å². The van der Waals surface area contributed by atoms with Crippen LogP contribution in [0.25, 0.3) is 10.8 Å². The summed E-state index contributed by atoms with van der Waals surface area (Å²) in [5.41, 5.74) is 6.77. The SMILES string of the molecule is CC(C)(C)OC(=O)Nc1ccc(N)c2ccccc12. The fourth-order valence-electron chi connectivity index (χ4n) is 1.84. The molecule has 0 atom stereocenters. The van der Waals surface area contributed by atoms with Crippen LogP contribution >= 0.6 is 0 Å². The average molecular weight is 258 g/mol. The zero-order valence-corrected chi connectivity index (χ0v) is 11.4. The van der Waals surface area contributed by atoms with Crippen molar-refractivity contribution in [3.8, 4) is 0 Å². The van der Waals surface area contributed by atoms with Crippen molar-refractivity contribution in [2.24, 2.45) is 0 Å². The summed E-state index contributed by atoms with van der Waals surface area (Å²) in [4.78, 5) is 11.8. The highest BCUT2D eigenvalue weighted by molar-refractivity contribution is 6.04. The molecule has 1 amide bonds. The molecule has 4 nitrogen and oxygen atoms in total. The van der Waals surface area contributed by atoms with E-state index in [0.717, 1.165) is 10.8 Å². The van der Waals surface area contributed by atoms with Crippen LogP contribution in [-0.2, 0) is 4.74 Å². The molecular weight excluding hydrogens is 240 g/mol. The third-order valence-electron chi connectivity index (χ3n) is 2.59. The van der Waals surface area contributed by atoms with E-state index in [4.69, 9.17) is 10.5 Å². The summed E-state index contributed by atoms with van der Waals surface area (Å²) in [6.45, 7) is 5.48. The minimum absolute atomic E-state index is 0.470. The van der Waals surface area contributed by atoms with Crippen LogP contribution in [0.1, 0.15) is 20.8 Å². The first kappa shape index (κ1) is 13.2. The number of hydrogen-bond acceptors (Lipinski definition) is 3. The van der Waals surface area contributed by atoms with Crippen molar-refractivity contribution < 1.29 is 9.53 Å². The number of carbonyl (C=O) groups excluding carboxylic acids is 1. The lowest BCUT2D eigenvalue weighted by Gasteiger charge is -2.20. The molecule has 2 rings (SSSR count). The second kappa shape index (κ2) is 4.80. The molecule has 2 aromatic rings. The number of nitrogen functional groups attached to an aromatic ring is 1. The smallest absolute Gasteiger partial charge is 0.412 e. The Balaban J connectivity index is 2.31. The largest absolute Gasteiger partial charge is 0.444 e. The molecule has 0 aliphatic carbocycles. The van der Waals surface area contributed by atoms with Gasteiger partial charge in [0, 0.05) is 16.5 Å². The highest BCUT2D eigenvalue weighted by atomic mass is 16.6. The molecule has 100 valence electrons. The van der Waals surface area contributed by atoms with Gasteiger partial charge in [-0.25, -0.2) is 4.79 Å². The van der Waals surface area contributed by atoms with Gasteiger partial charge >= 0.3 is 6.09 Å². The number of fused-ring (bicyclic) bond motifs is 1. The maximum absolute atomic E-state index is 11.8. The monoisotopic (exact) mass is 258 g/mol. The molecule has 0 heterocycles. The zero-order chi connectivity index (χ0) is 14.0. The van der Waals surface area contributed by atoms with Gasteiger partial charge in [0.2, 0.25) is 0 Å². The third-order valence-corrected chi connectivity index (χ3v) is 2.59. The van der Waals surface area contributed by atoms with E-state index in [2.05, 4.69) is 5.32 Å². The number of ether oxygens (including phenoxy) is 1. The normalized spacial score (nSPS) is 11.3. The standard InChI is InChI=1S/C15H18N2O2/c1-15(2,3)19-14(18)17-13-9-8-12(16)10-6-4-5-7-11(10)13/h4-9H,16H2,1-3H3,(H,17,18). The molecule has 3 N–H and O–H groups in total.